The average molecular weight is 337 g/mol. The molecule has 0 amide bonds. The Bertz CT molecular complexity index is 891. The van der Waals surface area contributed by atoms with Crippen LogP contribution in [-0.2, 0) is 13.6 Å². The molecule has 25 heavy (non-hydrogen) atoms. The molecule has 0 unspecified atom stereocenters. The van der Waals surface area contributed by atoms with Gasteiger partial charge in [-0.25, -0.2) is 4.39 Å². The molecule has 3 nitrogen and oxygen atoms in total. The van der Waals surface area contributed by atoms with Gasteiger partial charge >= 0.3 is 0 Å². The van der Waals surface area contributed by atoms with Crippen LogP contribution in [0.4, 0.5) is 4.39 Å². The summed E-state index contributed by atoms with van der Waals surface area (Å²) in [6, 6.07) is 15.8. The first kappa shape index (κ1) is 16.3. The van der Waals surface area contributed by atoms with Gasteiger partial charge in [0.25, 0.3) is 0 Å². The van der Waals surface area contributed by atoms with Gasteiger partial charge in [0.2, 0.25) is 0 Å². The second kappa shape index (κ2) is 6.62. The number of nitrogens with zero attached hydrogens (tertiary/aromatic N) is 3. The summed E-state index contributed by atoms with van der Waals surface area (Å²) in [5, 5.41) is 1.14. The molecule has 4 rings (SSSR count). The van der Waals surface area contributed by atoms with E-state index in [0.29, 0.717) is 5.56 Å². The molecule has 130 valence electrons. The van der Waals surface area contributed by atoms with Gasteiger partial charge in [0.05, 0.1) is 5.69 Å². The highest BCUT2D eigenvalue weighted by molar-refractivity contribution is 5.87. The number of piperazine rings is 1. The normalized spacial score (nSPS) is 16.6. The second-order valence-electron chi connectivity index (χ2n) is 7.04. The Morgan fingerprint density at radius 1 is 0.920 bits per heavy atom. The van der Waals surface area contributed by atoms with Crippen LogP contribution in [0, 0.1) is 5.82 Å². The minimum absolute atomic E-state index is 0.159. The number of halogens is 1. The maximum absolute atomic E-state index is 14.6. The molecule has 4 heteroatoms. The number of rotatable bonds is 3. The lowest BCUT2D eigenvalue weighted by molar-refractivity contribution is 0.148. The van der Waals surface area contributed by atoms with Gasteiger partial charge in [0, 0.05) is 56.2 Å². The van der Waals surface area contributed by atoms with Crippen molar-refractivity contribution in [1.82, 2.24) is 14.4 Å². The zero-order valence-corrected chi connectivity index (χ0v) is 14.9. The Morgan fingerprint density at radius 2 is 1.68 bits per heavy atom. The summed E-state index contributed by atoms with van der Waals surface area (Å²) in [6.07, 6.45) is 0. The predicted molar refractivity (Wildman–Crippen MR) is 101 cm³/mol. The van der Waals surface area contributed by atoms with Crippen LogP contribution in [0.15, 0.2) is 48.5 Å². The molecule has 1 aliphatic heterocycles. The van der Waals surface area contributed by atoms with E-state index in [-0.39, 0.29) is 5.82 Å². The monoisotopic (exact) mass is 337 g/mol. The van der Waals surface area contributed by atoms with Crippen molar-refractivity contribution in [2.45, 2.75) is 6.54 Å². The van der Waals surface area contributed by atoms with E-state index in [1.807, 2.05) is 31.3 Å². The molecule has 0 spiro atoms. The second-order valence-corrected chi connectivity index (χ2v) is 7.04. The number of aryl methyl sites for hydroxylation is 1. The highest BCUT2D eigenvalue weighted by Gasteiger charge is 2.16. The van der Waals surface area contributed by atoms with Crippen molar-refractivity contribution in [2.75, 3.05) is 33.2 Å². The molecule has 2 aromatic carbocycles. The molecule has 1 saturated heterocycles. The Hall–Kier alpha value is -2.17. The third-order valence-electron chi connectivity index (χ3n) is 5.26. The summed E-state index contributed by atoms with van der Waals surface area (Å²) in [7, 11) is 4.16. The summed E-state index contributed by atoms with van der Waals surface area (Å²) in [6.45, 7) is 5.20. The van der Waals surface area contributed by atoms with Crippen molar-refractivity contribution in [2.24, 2.45) is 7.05 Å². The maximum Gasteiger partial charge on any atom is 0.132 e. The smallest absolute Gasteiger partial charge is 0.132 e. The van der Waals surface area contributed by atoms with E-state index >= 15 is 0 Å². The van der Waals surface area contributed by atoms with E-state index in [0.717, 1.165) is 49.3 Å². The van der Waals surface area contributed by atoms with Gasteiger partial charge in [-0.3, -0.25) is 4.90 Å². The van der Waals surface area contributed by atoms with Crippen LogP contribution in [0.3, 0.4) is 0 Å². The number of hydrogen-bond acceptors (Lipinski definition) is 2. The van der Waals surface area contributed by atoms with Crippen LogP contribution in [0.2, 0.25) is 0 Å². The van der Waals surface area contributed by atoms with Gasteiger partial charge in [-0.2, -0.15) is 0 Å². The quantitative estimate of drug-likeness (QED) is 0.721. The van der Waals surface area contributed by atoms with Crippen LogP contribution >= 0.6 is 0 Å². The first-order valence-corrected chi connectivity index (χ1v) is 8.86. The van der Waals surface area contributed by atoms with E-state index in [2.05, 4.69) is 39.6 Å². The molecule has 3 aromatic rings. The Balaban J connectivity index is 1.66. The van der Waals surface area contributed by atoms with E-state index in [4.69, 9.17) is 0 Å². The molecular weight excluding hydrogens is 313 g/mol. The largest absolute Gasteiger partial charge is 0.344 e. The number of benzene rings is 2. The summed E-state index contributed by atoms with van der Waals surface area (Å²) >= 11 is 0. The SMILES string of the molecule is CN1CCN(Cc2ccc(F)c(-c3cc4ccccc4n3C)c2)CC1. The zero-order chi connectivity index (χ0) is 17.4. The lowest BCUT2D eigenvalue weighted by atomic mass is 10.1. The number of fused-ring (bicyclic) bond motifs is 1. The fourth-order valence-electron chi connectivity index (χ4n) is 3.68. The average Bonchev–Trinajstić information content (AvgIpc) is 2.96. The summed E-state index contributed by atoms with van der Waals surface area (Å²) < 4.78 is 16.6. The lowest BCUT2D eigenvalue weighted by Gasteiger charge is -2.32. The first-order chi connectivity index (χ1) is 12.1. The van der Waals surface area contributed by atoms with Crippen molar-refractivity contribution >= 4 is 10.9 Å². The van der Waals surface area contributed by atoms with Gasteiger partial charge in [-0.1, -0.05) is 24.3 Å². The zero-order valence-electron chi connectivity index (χ0n) is 14.9. The Morgan fingerprint density at radius 3 is 2.44 bits per heavy atom. The Kier molecular flexibility index (Phi) is 4.32. The molecule has 1 aliphatic rings. The molecular formula is C21H24FN3. The molecule has 2 heterocycles. The summed E-state index contributed by atoms with van der Waals surface area (Å²) in [5.74, 6) is -0.159. The molecule has 0 bridgehead atoms. The number of hydrogen-bond donors (Lipinski definition) is 0. The third-order valence-corrected chi connectivity index (χ3v) is 5.26. The van der Waals surface area contributed by atoms with E-state index in [1.54, 1.807) is 6.07 Å². The van der Waals surface area contributed by atoms with Crippen molar-refractivity contribution in [1.29, 1.82) is 0 Å². The fraction of sp³-hybridized carbons (Fsp3) is 0.333. The van der Waals surface area contributed by atoms with E-state index in [9.17, 15) is 4.39 Å². The van der Waals surface area contributed by atoms with Gasteiger partial charge < -0.3 is 9.47 Å². The number of para-hydroxylation sites is 1. The minimum atomic E-state index is -0.159. The van der Waals surface area contributed by atoms with Crippen molar-refractivity contribution in [3.05, 3.63) is 59.9 Å². The van der Waals surface area contributed by atoms with Gasteiger partial charge in [0.1, 0.15) is 5.82 Å². The lowest BCUT2D eigenvalue weighted by Crippen LogP contribution is -2.43. The highest BCUT2D eigenvalue weighted by atomic mass is 19.1. The van der Waals surface area contributed by atoms with Crippen molar-refractivity contribution in [3.8, 4) is 11.3 Å². The topological polar surface area (TPSA) is 11.4 Å². The van der Waals surface area contributed by atoms with Gasteiger partial charge in [-0.15, -0.1) is 0 Å². The summed E-state index contributed by atoms with van der Waals surface area (Å²) in [5.41, 5.74) is 3.91. The van der Waals surface area contributed by atoms with Crippen molar-refractivity contribution in [3.63, 3.8) is 0 Å². The standard InChI is InChI=1S/C21H24FN3/c1-23-9-11-25(12-10-23)15-16-7-8-19(22)18(13-16)21-14-17-5-3-4-6-20(17)24(21)2/h3-8,13-14H,9-12,15H2,1-2H3. The minimum Gasteiger partial charge on any atom is -0.344 e. The molecule has 0 atom stereocenters. The first-order valence-electron chi connectivity index (χ1n) is 8.86. The highest BCUT2D eigenvalue weighted by Crippen LogP contribution is 2.30. The Labute approximate surface area is 148 Å². The molecule has 1 aromatic heterocycles. The van der Waals surface area contributed by atoms with Gasteiger partial charge in [0.15, 0.2) is 0 Å². The molecule has 1 fully saturated rings. The van der Waals surface area contributed by atoms with E-state index < -0.39 is 0 Å². The van der Waals surface area contributed by atoms with Crippen LogP contribution in [0.25, 0.3) is 22.2 Å². The molecule has 0 saturated carbocycles. The van der Waals surface area contributed by atoms with Crippen LogP contribution in [-0.4, -0.2) is 47.6 Å². The van der Waals surface area contributed by atoms with Crippen molar-refractivity contribution < 1.29 is 4.39 Å². The predicted octanol–water partition coefficient (Wildman–Crippen LogP) is 3.73. The maximum atomic E-state index is 14.6. The molecule has 0 radical (unpaired) electrons. The number of aromatic nitrogens is 1. The fourth-order valence-corrected chi connectivity index (χ4v) is 3.68. The van der Waals surface area contributed by atoms with Crippen LogP contribution < -0.4 is 0 Å². The van der Waals surface area contributed by atoms with E-state index in [1.165, 1.54) is 5.56 Å². The summed E-state index contributed by atoms with van der Waals surface area (Å²) in [4.78, 5) is 4.79. The molecule has 0 N–H and O–H groups in total. The molecule has 0 aliphatic carbocycles. The number of likely N-dealkylation sites (N-methyl/N-ethyl adjacent to an activating group) is 1. The third kappa shape index (κ3) is 3.20. The van der Waals surface area contributed by atoms with Crippen LogP contribution in [0.1, 0.15) is 5.56 Å². The van der Waals surface area contributed by atoms with Crippen LogP contribution in [0.5, 0.6) is 0 Å². The van der Waals surface area contributed by atoms with Gasteiger partial charge in [-0.05, 0) is 36.9 Å².